The summed E-state index contributed by atoms with van der Waals surface area (Å²) in [6.45, 7) is 3.15. The monoisotopic (exact) mass is 282 g/mol. The van der Waals surface area contributed by atoms with Crippen LogP contribution in [0.25, 0.3) is 0 Å². The third-order valence-electron chi connectivity index (χ3n) is 2.05. The first-order valence-corrected chi connectivity index (χ1v) is 7.05. The molecule has 0 saturated carbocycles. The summed E-state index contributed by atoms with van der Waals surface area (Å²) in [5, 5.41) is 0. The molecule has 0 bridgehead atoms. The number of rotatable bonds is 7. The van der Waals surface area contributed by atoms with Crippen LogP contribution in [0, 0.1) is 0 Å². The molecule has 0 rings (SSSR count). The van der Waals surface area contributed by atoms with Gasteiger partial charge in [0.25, 0.3) is 0 Å². The predicted molar refractivity (Wildman–Crippen MR) is 69.0 cm³/mol. The van der Waals surface area contributed by atoms with Crippen LogP contribution in [-0.2, 0) is 19.6 Å². The van der Waals surface area contributed by atoms with Crippen LogP contribution in [0.4, 0.5) is 0 Å². The Kier molecular flexibility index (Phi) is 6.00. The van der Waals surface area contributed by atoms with Crippen molar-refractivity contribution in [2.24, 2.45) is 5.73 Å². The van der Waals surface area contributed by atoms with Gasteiger partial charge in [0.05, 0.1) is 23.4 Å². The normalized spacial score (nSPS) is 12.2. The summed E-state index contributed by atoms with van der Waals surface area (Å²) in [7, 11) is -2.26. The van der Waals surface area contributed by atoms with Gasteiger partial charge in [-0.05, 0) is 20.3 Å². The number of sulfonamides is 1. The maximum atomic E-state index is 11.6. The molecule has 0 amide bonds. The lowest BCUT2D eigenvalue weighted by molar-refractivity contribution is -0.140. The minimum Gasteiger partial charge on any atom is -0.469 e. The Morgan fingerprint density at radius 3 is 2.41 bits per heavy atom. The first-order valence-electron chi connectivity index (χ1n) is 4.99. The van der Waals surface area contributed by atoms with Crippen molar-refractivity contribution >= 4 is 33.2 Å². The van der Waals surface area contributed by atoms with E-state index in [-0.39, 0.29) is 23.6 Å². The van der Waals surface area contributed by atoms with Crippen LogP contribution in [0.2, 0.25) is 0 Å². The predicted octanol–water partition coefficient (Wildman–Crippen LogP) is -0.0763. The number of ether oxygens (including phenoxy) is 1. The number of carbonyl (C=O) groups excluding carboxylic acids is 1. The summed E-state index contributed by atoms with van der Waals surface area (Å²) in [5.41, 5.74) is 4.43. The molecule has 8 heteroatoms. The van der Waals surface area contributed by atoms with E-state index in [1.54, 1.807) is 13.8 Å². The Hall–Kier alpha value is -0.730. The number of esters is 1. The number of methoxy groups -OCH3 is 1. The minimum absolute atomic E-state index is 0.0604. The number of nitrogens with two attached hydrogens (primary N) is 1. The zero-order valence-corrected chi connectivity index (χ0v) is 11.8. The van der Waals surface area contributed by atoms with E-state index in [1.165, 1.54) is 7.11 Å². The van der Waals surface area contributed by atoms with Crippen molar-refractivity contribution in [3.05, 3.63) is 0 Å². The van der Waals surface area contributed by atoms with Crippen molar-refractivity contribution in [1.82, 2.24) is 4.72 Å². The van der Waals surface area contributed by atoms with Gasteiger partial charge >= 0.3 is 5.97 Å². The molecule has 0 heterocycles. The Morgan fingerprint density at radius 2 is 2.00 bits per heavy atom. The van der Waals surface area contributed by atoms with E-state index in [1.807, 2.05) is 0 Å². The van der Waals surface area contributed by atoms with Gasteiger partial charge in [-0.25, -0.2) is 13.1 Å². The largest absolute Gasteiger partial charge is 0.469 e. The van der Waals surface area contributed by atoms with Gasteiger partial charge in [0.1, 0.15) is 0 Å². The molecule has 0 aromatic rings. The lowest BCUT2D eigenvalue weighted by Gasteiger charge is -2.24. The number of carbonyl (C=O) groups is 1. The van der Waals surface area contributed by atoms with Crippen LogP contribution < -0.4 is 10.5 Å². The van der Waals surface area contributed by atoms with E-state index in [9.17, 15) is 13.2 Å². The van der Waals surface area contributed by atoms with Crippen LogP contribution in [0.1, 0.15) is 26.7 Å². The quantitative estimate of drug-likeness (QED) is 0.501. The van der Waals surface area contributed by atoms with Gasteiger partial charge in [0.15, 0.2) is 0 Å². The summed E-state index contributed by atoms with van der Waals surface area (Å²) >= 11 is 4.75. The average Bonchev–Trinajstić information content (AvgIpc) is 2.15. The zero-order valence-electron chi connectivity index (χ0n) is 10.1. The van der Waals surface area contributed by atoms with E-state index in [0.717, 1.165) is 0 Å². The third-order valence-corrected chi connectivity index (χ3v) is 4.21. The lowest BCUT2D eigenvalue weighted by atomic mass is 10.1. The second-order valence-corrected chi connectivity index (χ2v) is 6.37. The summed E-state index contributed by atoms with van der Waals surface area (Å²) in [4.78, 5) is 10.9. The van der Waals surface area contributed by atoms with Crippen molar-refractivity contribution in [1.29, 1.82) is 0 Å². The maximum absolute atomic E-state index is 11.6. The molecule has 0 aliphatic carbocycles. The SMILES string of the molecule is COC(=O)CCCS(=O)(=O)NC(C)(C)C(N)=S. The summed E-state index contributed by atoms with van der Waals surface area (Å²) in [6.07, 6.45) is 0.250. The molecule has 0 spiro atoms. The van der Waals surface area contributed by atoms with Crippen LogP contribution in [0.15, 0.2) is 0 Å². The second kappa shape index (κ2) is 6.27. The number of hydrogen-bond acceptors (Lipinski definition) is 5. The fourth-order valence-corrected chi connectivity index (χ4v) is 2.63. The van der Waals surface area contributed by atoms with E-state index in [0.29, 0.717) is 0 Å². The van der Waals surface area contributed by atoms with Crippen LogP contribution in [0.5, 0.6) is 0 Å². The van der Waals surface area contributed by atoms with Crippen molar-refractivity contribution in [3.8, 4) is 0 Å². The Labute approximate surface area is 107 Å². The molecule has 0 radical (unpaired) electrons. The molecule has 0 fully saturated rings. The van der Waals surface area contributed by atoms with Crippen molar-refractivity contribution in [2.75, 3.05) is 12.9 Å². The molecule has 0 atom stereocenters. The molecule has 0 aromatic heterocycles. The van der Waals surface area contributed by atoms with Gasteiger partial charge in [-0.2, -0.15) is 0 Å². The molecule has 0 unspecified atom stereocenters. The zero-order chi connectivity index (χ0) is 13.7. The van der Waals surface area contributed by atoms with Crippen LogP contribution in [-0.4, -0.2) is 37.8 Å². The first kappa shape index (κ1) is 16.3. The highest BCUT2D eigenvalue weighted by atomic mass is 32.2. The molecule has 3 N–H and O–H groups in total. The second-order valence-electron chi connectivity index (χ2n) is 4.09. The highest BCUT2D eigenvalue weighted by Gasteiger charge is 2.27. The van der Waals surface area contributed by atoms with Crippen LogP contribution in [0.3, 0.4) is 0 Å². The van der Waals surface area contributed by atoms with E-state index in [4.69, 9.17) is 18.0 Å². The lowest BCUT2D eigenvalue weighted by Crippen LogP contribution is -2.52. The fourth-order valence-electron chi connectivity index (χ4n) is 0.999. The summed E-state index contributed by atoms with van der Waals surface area (Å²) in [6, 6.07) is 0. The highest BCUT2D eigenvalue weighted by molar-refractivity contribution is 7.89. The fraction of sp³-hybridized carbons (Fsp3) is 0.778. The Balaban J connectivity index is 4.32. The summed E-state index contributed by atoms with van der Waals surface area (Å²) in [5.74, 6) is -0.609. The molecular weight excluding hydrogens is 264 g/mol. The van der Waals surface area contributed by atoms with Crippen molar-refractivity contribution < 1.29 is 17.9 Å². The topological polar surface area (TPSA) is 98.5 Å². The van der Waals surface area contributed by atoms with Crippen molar-refractivity contribution in [3.63, 3.8) is 0 Å². The number of thiocarbonyl (C=S) groups is 1. The molecular formula is C9H18N2O4S2. The van der Waals surface area contributed by atoms with Crippen LogP contribution >= 0.6 is 12.2 Å². The molecule has 0 aromatic carbocycles. The van der Waals surface area contributed by atoms with Gasteiger partial charge in [-0.1, -0.05) is 12.2 Å². The molecule has 6 nitrogen and oxygen atoms in total. The molecule has 0 saturated heterocycles. The maximum Gasteiger partial charge on any atom is 0.305 e. The molecule has 17 heavy (non-hydrogen) atoms. The Bertz CT molecular complexity index is 390. The Morgan fingerprint density at radius 1 is 1.47 bits per heavy atom. The first-order chi connectivity index (χ1) is 7.60. The van der Waals surface area contributed by atoms with Gasteiger partial charge in [0.2, 0.25) is 10.0 Å². The van der Waals surface area contributed by atoms with E-state index < -0.39 is 21.5 Å². The number of nitrogens with one attached hydrogen (secondary N) is 1. The van der Waals surface area contributed by atoms with Crippen molar-refractivity contribution in [2.45, 2.75) is 32.2 Å². The minimum atomic E-state index is -3.51. The van der Waals surface area contributed by atoms with Gasteiger partial charge in [-0.15, -0.1) is 0 Å². The smallest absolute Gasteiger partial charge is 0.305 e. The van der Waals surface area contributed by atoms with Gasteiger partial charge < -0.3 is 10.5 Å². The average molecular weight is 282 g/mol. The summed E-state index contributed by atoms with van der Waals surface area (Å²) < 4.78 is 30.1. The van der Waals surface area contributed by atoms with E-state index in [2.05, 4.69) is 9.46 Å². The van der Waals surface area contributed by atoms with E-state index >= 15 is 0 Å². The highest BCUT2D eigenvalue weighted by Crippen LogP contribution is 2.06. The number of hydrogen-bond donors (Lipinski definition) is 2. The van der Waals surface area contributed by atoms with Gasteiger partial charge in [-0.3, -0.25) is 4.79 Å². The standard InChI is InChI=1S/C9H18N2O4S2/c1-9(2,8(10)16)11-17(13,14)6-4-5-7(12)15-3/h11H,4-6H2,1-3H3,(H2,10,16). The third kappa shape index (κ3) is 6.54. The molecule has 0 aliphatic heterocycles. The molecule has 0 aliphatic rings. The van der Waals surface area contributed by atoms with Gasteiger partial charge in [0, 0.05) is 6.42 Å². The molecule has 100 valence electrons.